The molecule has 0 fully saturated rings. The van der Waals surface area contributed by atoms with E-state index in [2.05, 4.69) is 46.9 Å². The number of rotatable bonds is 10. The minimum atomic E-state index is -0.123. The number of Topliss-reactive ketones (excluding diaryl/α,β-unsaturated/α-hetero) is 1. The Labute approximate surface area is 114 Å². The van der Waals surface area contributed by atoms with Gasteiger partial charge in [-0.3, -0.25) is 4.79 Å². The molecule has 2 nitrogen and oxygen atoms in total. The molecule has 1 N–H and O–H groups in total. The van der Waals surface area contributed by atoms with Crippen LogP contribution in [-0.4, -0.2) is 17.9 Å². The van der Waals surface area contributed by atoms with Crippen LogP contribution in [0.25, 0.3) is 0 Å². The highest BCUT2D eigenvalue weighted by Gasteiger charge is 2.23. The maximum absolute atomic E-state index is 11.9. The van der Waals surface area contributed by atoms with Crippen molar-refractivity contribution in [2.75, 3.05) is 6.54 Å². The van der Waals surface area contributed by atoms with Crippen molar-refractivity contribution in [1.82, 2.24) is 5.32 Å². The number of carbonyl (C=O) groups excluding carboxylic acids is 1. The lowest BCUT2D eigenvalue weighted by molar-refractivity contribution is -0.127. The fraction of sp³-hybridized carbons (Fsp3) is 0.938. The molecule has 0 aliphatic heterocycles. The van der Waals surface area contributed by atoms with Gasteiger partial charge in [0.1, 0.15) is 5.78 Å². The molecule has 108 valence electrons. The van der Waals surface area contributed by atoms with Crippen LogP contribution < -0.4 is 5.32 Å². The maximum Gasteiger partial charge on any atom is 0.138 e. The molecule has 0 bridgehead atoms. The standard InChI is InChI=1S/C16H33NO/c1-7-15(3,4)14(18)12-10-9-11-13-17-16(5,6)8-2/h17H,7-13H2,1-6H3. The second-order valence-corrected chi connectivity index (χ2v) is 6.64. The van der Waals surface area contributed by atoms with Crippen LogP contribution in [0.1, 0.15) is 80.1 Å². The van der Waals surface area contributed by atoms with Crippen LogP contribution in [0.5, 0.6) is 0 Å². The van der Waals surface area contributed by atoms with Crippen molar-refractivity contribution in [2.45, 2.75) is 85.6 Å². The lowest BCUT2D eigenvalue weighted by Crippen LogP contribution is -2.38. The van der Waals surface area contributed by atoms with Gasteiger partial charge < -0.3 is 5.32 Å². The molecule has 0 atom stereocenters. The number of hydrogen-bond donors (Lipinski definition) is 1. The Morgan fingerprint density at radius 1 is 0.944 bits per heavy atom. The highest BCUT2D eigenvalue weighted by Crippen LogP contribution is 2.23. The van der Waals surface area contributed by atoms with Crippen LogP contribution in [0, 0.1) is 5.41 Å². The summed E-state index contributed by atoms with van der Waals surface area (Å²) in [6.07, 6.45) is 6.20. The van der Waals surface area contributed by atoms with Gasteiger partial charge in [-0.2, -0.15) is 0 Å². The van der Waals surface area contributed by atoms with Gasteiger partial charge >= 0.3 is 0 Å². The molecule has 0 rings (SSSR count). The van der Waals surface area contributed by atoms with Gasteiger partial charge in [0.25, 0.3) is 0 Å². The number of nitrogens with one attached hydrogen (secondary N) is 1. The molecule has 0 aromatic heterocycles. The van der Waals surface area contributed by atoms with Crippen molar-refractivity contribution < 1.29 is 4.79 Å². The van der Waals surface area contributed by atoms with E-state index in [-0.39, 0.29) is 11.0 Å². The molecule has 0 unspecified atom stereocenters. The van der Waals surface area contributed by atoms with Crippen molar-refractivity contribution in [3.8, 4) is 0 Å². The smallest absolute Gasteiger partial charge is 0.138 e. The summed E-state index contributed by atoms with van der Waals surface area (Å²) in [6.45, 7) is 13.9. The van der Waals surface area contributed by atoms with Gasteiger partial charge in [-0.25, -0.2) is 0 Å². The lowest BCUT2D eigenvalue weighted by Gasteiger charge is -2.24. The van der Waals surface area contributed by atoms with Gasteiger partial charge in [-0.05, 0) is 46.1 Å². The molecule has 0 heterocycles. The van der Waals surface area contributed by atoms with Crippen molar-refractivity contribution in [1.29, 1.82) is 0 Å². The van der Waals surface area contributed by atoms with Crippen LogP contribution in [0.3, 0.4) is 0 Å². The number of ketones is 1. The fourth-order valence-electron chi connectivity index (χ4n) is 1.67. The van der Waals surface area contributed by atoms with E-state index in [1.165, 1.54) is 6.42 Å². The molecular formula is C16H33NO. The molecule has 18 heavy (non-hydrogen) atoms. The summed E-state index contributed by atoms with van der Waals surface area (Å²) in [6, 6.07) is 0. The normalized spacial score (nSPS) is 12.8. The predicted octanol–water partition coefficient (Wildman–Crippen LogP) is 4.33. The third-order valence-corrected chi connectivity index (χ3v) is 4.21. The minimum Gasteiger partial charge on any atom is -0.312 e. The highest BCUT2D eigenvalue weighted by atomic mass is 16.1. The summed E-state index contributed by atoms with van der Waals surface area (Å²) in [5, 5.41) is 3.55. The Hall–Kier alpha value is -0.370. The second-order valence-electron chi connectivity index (χ2n) is 6.64. The average molecular weight is 255 g/mol. The first kappa shape index (κ1) is 17.6. The molecular weight excluding hydrogens is 222 g/mol. The highest BCUT2D eigenvalue weighted by molar-refractivity contribution is 5.83. The Bertz CT molecular complexity index is 243. The lowest BCUT2D eigenvalue weighted by atomic mass is 9.83. The van der Waals surface area contributed by atoms with Crippen LogP contribution in [0.4, 0.5) is 0 Å². The van der Waals surface area contributed by atoms with Crippen molar-refractivity contribution in [3.05, 3.63) is 0 Å². The first-order valence-electron chi connectivity index (χ1n) is 7.53. The van der Waals surface area contributed by atoms with Crippen molar-refractivity contribution >= 4 is 5.78 Å². The number of carbonyl (C=O) groups is 1. The van der Waals surface area contributed by atoms with Crippen LogP contribution in [-0.2, 0) is 4.79 Å². The van der Waals surface area contributed by atoms with E-state index in [9.17, 15) is 4.79 Å². The molecule has 0 saturated heterocycles. The van der Waals surface area contributed by atoms with E-state index in [1.807, 2.05) is 0 Å². The molecule has 0 radical (unpaired) electrons. The second kappa shape index (κ2) is 7.93. The summed E-state index contributed by atoms with van der Waals surface area (Å²) in [4.78, 5) is 11.9. The van der Waals surface area contributed by atoms with Gasteiger partial charge in [0.2, 0.25) is 0 Å². The summed E-state index contributed by atoms with van der Waals surface area (Å²) < 4.78 is 0. The van der Waals surface area contributed by atoms with E-state index in [0.29, 0.717) is 5.78 Å². The minimum absolute atomic E-state index is 0.123. The zero-order valence-corrected chi connectivity index (χ0v) is 13.4. The van der Waals surface area contributed by atoms with Gasteiger partial charge in [-0.15, -0.1) is 0 Å². The van der Waals surface area contributed by atoms with E-state index in [4.69, 9.17) is 0 Å². The molecule has 0 aliphatic rings. The van der Waals surface area contributed by atoms with Crippen LogP contribution >= 0.6 is 0 Å². The monoisotopic (exact) mass is 255 g/mol. The fourth-order valence-corrected chi connectivity index (χ4v) is 1.67. The van der Waals surface area contributed by atoms with Gasteiger partial charge in [0.05, 0.1) is 0 Å². The van der Waals surface area contributed by atoms with Crippen LogP contribution in [0.2, 0.25) is 0 Å². The third kappa shape index (κ3) is 7.15. The Kier molecular flexibility index (Phi) is 7.77. The van der Waals surface area contributed by atoms with E-state index in [1.54, 1.807) is 0 Å². The quantitative estimate of drug-likeness (QED) is 0.589. The van der Waals surface area contributed by atoms with E-state index in [0.717, 1.165) is 38.6 Å². The van der Waals surface area contributed by atoms with Crippen molar-refractivity contribution in [3.63, 3.8) is 0 Å². The van der Waals surface area contributed by atoms with Crippen LogP contribution in [0.15, 0.2) is 0 Å². The van der Waals surface area contributed by atoms with E-state index >= 15 is 0 Å². The zero-order valence-electron chi connectivity index (χ0n) is 13.4. The average Bonchev–Trinajstić information content (AvgIpc) is 2.33. The summed E-state index contributed by atoms with van der Waals surface area (Å²) >= 11 is 0. The Morgan fingerprint density at radius 3 is 2.06 bits per heavy atom. The summed E-state index contributed by atoms with van der Waals surface area (Å²) in [5.41, 5.74) is 0.127. The van der Waals surface area contributed by atoms with E-state index < -0.39 is 0 Å². The maximum atomic E-state index is 11.9. The number of hydrogen-bond acceptors (Lipinski definition) is 2. The Balaban J connectivity index is 3.61. The molecule has 2 heteroatoms. The van der Waals surface area contributed by atoms with Gasteiger partial charge in [0, 0.05) is 17.4 Å². The van der Waals surface area contributed by atoms with Gasteiger partial charge in [-0.1, -0.05) is 34.1 Å². The molecule has 0 saturated carbocycles. The SMILES string of the molecule is CCC(C)(C)NCCCCCC(=O)C(C)(C)CC. The third-order valence-electron chi connectivity index (χ3n) is 4.21. The molecule has 0 aromatic carbocycles. The summed E-state index contributed by atoms with van der Waals surface area (Å²) in [5.74, 6) is 0.423. The first-order chi connectivity index (χ1) is 8.25. The summed E-state index contributed by atoms with van der Waals surface area (Å²) in [7, 11) is 0. The first-order valence-corrected chi connectivity index (χ1v) is 7.53. The van der Waals surface area contributed by atoms with Crippen molar-refractivity contribution in [2.24, 2.45) is 5.41 Å². The molecule has 0 amide bonds. The number of unbranched alkanes of at least 4 members (excludes halogenated alkanes) is 2. The molecule has 0 aliphatic carbocycles. The molecule has 0 aromatic rings. The predicted molar refractivity (Wildman–Crippen MR) is 79.9 cm³/mol. The van der Waals surface area contributed by atoms with Gasteiger partial charge in [0.15, 0.2) is 0 Å². The largest absolute Gasteiger partial charge is 0.312 e. The zero-order chi connectivity index (χ0) is 14.2. The molecule has 0 spiro atoms. The topological polar surface area (TPSA) is 29.1 Å². The Morgan fingerprint density at radius 2 is 1.56 bits per heavy atom.